The summed E-state index contributed by atoms with van der Waals surface area (Å²) in [7, 11) is 0. The van der Waals surface area contributed by atoms with Gasteiger partial charge in [0.05, 0.1) is 5.57 Å². The first-order valence-corrected chi connectivity index (χ1v) is 10.1. The van der Waals surface area contributed by atoms with Crippen molar-refractivity contribution >= 4 is 11.4 Å². The van der Waals surface area contributed by atoms with Gasteiger partial charge >= 0.3 is 0 Å². The predicted molar refractivity (Wildman–Crippen MR) is 119 cm³/mol. The van der Waals surface area contributed by atoms with Gasteiger partial charge in [0.1, 0.15) is 17.0 Å². The largest absolute Gasteiger partial charge is 0.508 e. The van der Waals surface area contributed by atoms with Gasteiger partial charge in [-0.25, -0.2) is 0 Å². The number of carbonyl (C=O) groups excluding carboxylic acids is 1. The van der Waals surface area contributed by atoms with Crippen molar-refractivity contribution in [1.82, 2.24) is 0 Å². The van der Waals surface area contributed by atoms with Gasteiger partial charge in [-0.05, 0) is 73.9 Å². The van der Waals surface area contributed by atoms with Gasteiger partial charge < -0.3 is 9.84 Å². The van der Waals surface area contributed by atoms with Crippen LogP contribution in [0.15, 0.2) is 48.2 Å². The summed E-state index contributed by atoms with van der Waals surface area (Å²) in [5.74, 6) is -0.206. The SMILES string of the molecule is Cc1ccc(-c2ccc(C(C)(C)C)cc2)cc1C1=C(O)C(C)(C)OC(C)(C)C1=O. The fraction of sp³-hybridized carbons (Fsp3) is 0.423. The Balaban J connectivity index is 2.14. The first-order valence-electron chi connectivity index (χ1n) is 10.1. The van der Waals surface area contributed by atoms with Gasteiger partial charge in [-0.2, -0.15) is 0 Å². The van der Waals surface area contributed by atoms with Gasteiger partial charge in [0.15, 0.2) is 5.78 Å². The third-order valence-corrected chi connectivity index (χ3v) is 5.68. The van der Waals surface area contributed by atoms with Crippen molar-refractivity contribution in [1.29, 1.82) is 0 Å². The third-order valence-electron chi connectivity index (χ3n) is 5.68. The van der Waals surface area contributed by atoms with Crippen molar-refractivity contribution in [3.05, 3.63) is 64.9 Å². The van der Waals surface area contributed by atoms with E-state index in [0.29, 0.717) is 5.57 Å². The molecular formula is C26H32O3. The molecule has 0 saturated heterocycles. The summed E-state index contributed by atoms with van der Waals surface area (Å²) in [6.45, 7) is 15.7. The lowest BCUT2D eigenvalue weighted by Crippen LogP contribution is -2.49. The van der Waals surface area contributed by atoms with Crippen molar-refractivity contribution < 1.29 is 14.6 Å². The molecule has 3 heteroatoms. The molecule has 0 amide bonds. The van der Waals surface area contributed by atoms with E-state index >= 15 is 0 Å². The topological polar surface area (TPSA) is 46.5 Å². The molecule has 0 spiro atoms. The number of hydrogen-bond acceptors (Lipinski definition) is 3. The van der Waals surface area contributed by atoms with E-state index in [-0.39, 0.29) is 17.0 Å². The van der Waals surface area contributed by atoms with Crippen LogP contribution in [0.4, 0.5) is 0 Å². The van der Waals surface area contributed by atoms with Crippen LogP contribution in [0.25, 0.3) is 16.7 Å². The van der Waals surface area contributed by atoms with E-state index in [1.54, 1.807) is 27.7 Å². The summed E-state index contributed by atoms with van der Waals surface area (Å²) in [6.07, 6.45) is 0. The van der Waals surface area contributed by atoms with E-state index in [4.69, 9.17) is 4.74 Å². The molecule has 0 aromatic heterocycles. The second-order valence-corrected chi connectivity index (χ2v) is 10.0. The number of hydrogen-bond donors (Lipinski definition) is 1. The van der Waals surface area contributed by atoms with Gasteiger partial charge in [-0.1, -0.05) is 57.2 Å². The first-order chi connectivity index (χ1) is 13.2. The maximum absolute atomic E-state index is 13.2. The fourth-order valence-corrected chi connectivity index (χ4v) is 3.93. The maximum atomic E-state index is 13.2. The molecule has 0 fully saturated rings. The number of benzene rings is 2. The van der Waals surface area contributed by atoms with Crippen molar-refractivity contribution in [2.24, 2.45) is 0 Å². The molecule has 0 bridgehead atoms. The van der Waals surface area contributed by atoms with E-state index in [1.165, 1.54) is 5.56 Å². The minimum Gasteiger partial charge on any atom is -0.508 e. The number of aliphatic hydroxyl groups excluding tert-OH is 1. The van der Waals surface area contributed by atoms with Crippen molar-refractivity contribution in [2.75, 3.05) is 0 Å². The van der Waals surface area contributed by atoms with Gasteiger partial charge in [-0.3, -0.25) is 4.79 Å². The number of Topliss-reactive ketones (excluding diaryl/α,β-unsaturated/α-hetero) is 1. The molecule has 0 unspecified atom stereocenters. The molecule has 1 aliphatic rings. The fourth-order valence-electron chi connectivity index (χ4n) is 3.93. The zero-order chi connectivity index (χ0) is 21.8. The van der Waals surface area contributed by atoms with Crippen LogP contribution in [0.2, 0.25) is 0 Å². The number of rotatable bonds is 2. The molecule has 2 aromatic carbocycles. The Morgan fingerprint density at radius 2 is 1.41 bits per heavy atom. The zero-order valence-corrected chi connectivity index (χ0v) is 18.8. The maximum Gasteiger partial charge on any atom is 0.198 e. The van der Waals surface area contributed by atoms with E-state index < -0.39 is 11.2 Å². The molecule has 154 valence electrons. The van der Waals surface area contributed by atoms with Crippen molar-refractivity contribution in [2.45, 2.75) is 72.0 Å². The highest BCUT2D eigenvalue weighted by atomic mass is 16.5. The summed E-state index contributed by atoms with van der Waals surface area (Å²) in [5, 5.41) is 10.9. The highest BCUT2D eigenvalue weighted by Gasteiger charge is 2.47. The molecule has 1 aliphatic heterocycles. The second-order valence-electron chi connectivity index (χ2n) is 10.0. The Labute approximate surface area is 174 Å². The summed E-state index contributed by atoms with van der Waals surface area (Å²) < 4.78 is 5.88. The van der Waals surface area contributed by atoms with Crippen LogP contribution in [0.5, 0.6) is 0 Å². The Kier molecular flexibility index (Phi) is 5.03. The van der Waals surface area contributed by atoms with Crippen LogP contribution in [0.3, 0.4) is 0 Å². The third kappa shape index (κ3) is 3.89. The summed E-state index contributed by atoms with van der Waals surface area (Å²) >= 11 is 0. The van der Waals surface area contributed by atoms with E-state index in [2.05, 4.69) is 51.1 Å². The van der Waals surface area contributed by atoms with Crippen LogP contribution >= 0.6 is 0 Å². The van der Waals surface area contributed by atoms with Gasteiger partial charge in [0.25, 0.3) is 0 Å². The lowest BCUT2D eigenvalue weighted by Gasteiger charge is -2.40. The molecule has 0 aliphatic carbocycles. The number of ether oxygens (including phenoxy) is 1. The van der Waals surface area contributed by atoms with Crippen LogP contribution < -0.4 is 0 Å². The Morgan fingerprint density at radius 1 is 0.862 bits per heavy atom. The van der Waals surface area contributed by atoms with E-state index in [9.17, 15) is 9.90 Å². The normalized spacial score (nSPS) is 18.8. The highest BCUT2D eigenvalue weighted by molar-refractivity contribution is 6.26. The van der Waals surface area contributed by atoms with Crippen LogP contribution in [-0.2, 0) is 14.9 Å². The minimum atomic E-state index is -0.998. The summed E-state index contributed by atoms with van der Waals surface area (Å²) in [5.41, 5.74) is 3.61. The van der Waals surface area contributed by atoms with Crippen molar-refractivity contribution in [3.63, 3.8) is 0 Å². The Morgan fingerprint density at radius 3 is 1.97 bits per heavy atom. The first kappa shape index (κ1) is 21.3. The predicted octanol–water partition coefficient (Wildman–Crippen LogP) is 6.39. The summed E-state index contributed by atoms with van der Waals surface area (Å²) in [6, 6.07) is 14.6. The van der Waals surface area contributed by atoms with E-state index in [0.717, 1.165) is 22.3 Å². The van der Waals surface area contributed by atoms with Gasteiger partial charge in [0.2, 0.25) is 0 Å². The van der Waals surface area contributed by atoms with Crippen LogP contribution in [0.1, 0.15) is 65.2 Å². The zero-order valence-electron chi connectivity index (χ0n) is 18.8. The molecule has 3 rings (SSSR count). The molecule has 0 atom stereocenters. The van der Waals surface area contributed by atoms with E-state index in [1.807, 2.05) is 19.1 Å². The second kappa shape index (κ2) is 6.84. The van der Waals surface area contributed by atoms with Crippen LogP contribution in [0, 0.1) is 6.92 Å². The molecule has 1 heterocycles. The smallest absolute Gasteiger partial charge is 0.198 e. The Bertz CT molecular complexity index is 984. The molecular weight excluding hydrogens is 360 g/mol. The minimum absolute atomic E-state index is 0.00912. The molecule has 1 N–H and O–H groups in total. The number of aryl methyl sites for hydroxylation is 1. The number of ketones is 1. The molecule has 0 saturated carbocycles. The average Bonchev–Trinajstić information content (AvgIpc) is 2.60. The number of carbonyl (C=O) groups is 1. The molecule has 3 nitrogen and oxygen atoms in total. The molecule has 29 heavy (non-hydrogen) atoms. The standard InChI is InChI=1S/C26H32O3/c1-16-9-10-18(17-11-13-19(14-12-17)24(2,3)4)15-20(16)21-22(27)25(5,6)29-26(7,8)23(21)28/h9-15,27H,1-8H3. The van der Waals surface area contributed by atoms with Crippen LogP contribution in [-0.4, -0.2) is 22.1 Å². The highest BCUT2D eigenvalue weighted by Crippen LogP contribution is 2.41. The summed E-state index contributed by atoms with van der Waals surface area (Å²) in [4.78, 5) is 13.2. The Hall–Kier alpha value is -2.39. The quantitative estimate of drug-likeness (QED) is 0.644. The van der Waals surface area contributed by atoms with Gasteiger partial charge in [0, 0.05) is 0 Å². The average molecular weight is 393 g/mol. The van der Waals surface area contributed by atoms with Gasteiger partial charge in [-0.15, -0.1) is 0 Å². The molecule has 0 radical (unpaired) electrons. The lowest BCUT2D eigenvalue weighted by atomic mass is 9.81. The monoisotopic (exact) mass is 392 g/mol. The number of aliphatic hydroxyl groups is 1. The van der Waals surface area contributed by atoms with Crippen molar-refractivity contribution in [3.8, 4) is 11.1 Å². The lowest BCUT2D eigenvalue weighted by molar-refractivity contribution is -0.158. The molecule has 2 aromatic rings.